The second-order valence-electron chi connectivity index (χ2n) is 4.24. The third-order valence-corrected chi connectivity index (χ3v) is 3.01. The van der Waals surface area contributed by atoms with Crippen LogP contribution in [0.2, 0.25) is 0 Å². The number of nitrogens with one attached hydrogen (secondary N) is 2. The number of halogens is 1. The van der Waals surface area contributed by atoms with Crippen molar-refractivity contribution in [3.8, 4) is 0 Å². The van der Waals surface area contributed by atoms with Gasteiger partial charge in [-0.25, -0.2) is 0 Å². The quantitative estimate of drug-likeness (QED) is 0.844. The minimum absolute atomic E-state index is 0. The highest BCUT2D eigenvalue weighted by Crippen LogP contribution is 2.11. The Kier molecular flexibility index (Phi) is 5.74. The van der Waals surface area contributed by atoms with E-state index in [1.165, 1.54) is 13.0 Å². The molecule has 1 fully saturated rings. The Morgan fingerprint density at radius 2 is 2.44 bits per heavy atom. The van der Waals surface area contributed by atoms with Crippen LogP contribution in [0.15, 0.2) is 24.4 Å². The average molecular weight is 242 g/mol. The predicted molar refractivity (Wildman–Crippen MR) is 68.9 cm³/mol. The molecule has 2 heterocycles. The van der Waals surface area contributed by atoms with Gasteiger partial charge in [0.25, 0.3) is 0 Å². The summed E-state index contributed by atoms with van der Waals surface area (Å²) in [7, 11) is 0. The van der Waals surface area contributed by atoms with Crippen molar-refractivity contribution in [1.82, 2.24) is 15.6 Å². The van der Waals surface area contributed by atoms with Crippen molar-refractivity contribution in [2.75, 3.05) is 19.6 Å². The summed E-state index contributed by atoms with van der Waals surface area (Å²) in [6.07, 6.45) is 3.15. The maximum atomic E-state index is 4.35. The van der Waals surface area contributed by atoms with E-state index in [0.717, 1.165) is 24.7 Å². The molecule has 2 unspecified atom stereocenters. The molecule has 2 N–H and O–H groups in total. The molecular formula is C12H20ClN3. The Morgan fingerprint density at radius 1 is 1.56 bits per heavy atom. The molecule has 1 aliphatic rings. The second kappa shape index (κ2) is 6.84. The van der Waals surface area contributed by atoms with Crippen molar-refractivity contribution in [1.29, 1.82) is 0 Å². The van der Waals surface area contributed by atoms with Crippen LogP contribution in [-0.4, -0.2) is 24.6 Å². The van der Waals surface area contributed by atoms with Crippen molar-refractivity contribution in [2.45, 2.75) is 19.4 Å². The minimum atomic E-state index is 0. The lowest BCUT2D eigenvalue weighted by atomic mass is 10.1. The number of rotatable bonds is 4. The predicted octanol–water partition coefficient (Wildman–Crippen LogP) is 1.76. The van der Waals surface area contributed by atoms with Crippen LogP contribution in [0.1, 0.15) is 25.1 Å². The lowest BCUT2D eigenvalue weighted by Gasteiger charge is -2.16. The van der Waals surface area contributed by atoms with E-state index in [9.17, 15) is 0 Å². The number of hydrogen-bond donors (Lipinski definition) is 2. The SMILES string of the molecule is CC(NCC1CCNC1)c1ccccn1.Cl. The largest absolute Gasteiger partial charge is 0.316 e. The summed E-state index contributed by atoms with van der Waals surface area (Å²) in [5, 5.41) is 6.92. The van der Waals surface area contributed by atoms with Gasteiger partial charge in [-0.1, -0.05) is 6.07 Å². The topological polar surface area (TPSA) is 37.0 Å². The second-order valence-corrected chi connectivity index (χ2v) is 4.24. The fourth-order valence-electron chi connectivity index (χ4n) is 1.97. The van der Waals surface area contributed by atoms with E-state index >= 15 is 0 Å². The van der Waals surface area contributed by atoms with E-state index in [4.69, 9.17) is 0 Å². The summed E-state index contributed by atoms with van der Waals surface area (Å²) in [5.41, 5.74) is 1.13. The summed E-state index contributed by atoms with van der Waals surface area (Å²) in [4.78, 5) is 4.35. The molecule has 0 saturated carbocycles. The van der Waals surface area contributed by atoms with Crippen LogP contribution in [0.5, 0.6) is 0 Å². The van der Waals surface area contributed by atoms with Gasteiger partial charge in [0.05, 0.1) is 5.69 Å². The molecule has 90 valence electrons. The van der Waals surface area contributed by atoms with Gasteiger partial charge in [0.15, 0.2) is 0 Å². The zero-order chi connectivity index (χ0) is 10.5. The van der Waals surface area contributed by atoms with Gasteiger partial charge < -0.3 is 10.6 Å². The number of pyridine rings is 1. The van der Waals surface area contributed by atoms with Crippen molar-refractivity contribution in [3.05, 3.63) is 30.1 Å². The Bertz CT molecular complexity index is 286. The molecule has 2 rings (SSSR count). The molecular weight excluding hydrogens is 222 g/mol. The Balaban J connectivity index is 0.00000128. The van der Waals surface area contributed by atoms with Crippen LogP contribution in [0.3, 0.4) is 0 Å². The lowest BCUT2D eigenvalue weighted by molar-refractivity contribution is 0.465. The fourth-order valence-corrected chi connectivity index (χ4v) is 1.97. The first-order valence-corrected chi connectivity index (χ1v) is 5.71. The van der Waals surface area contributed by atoms with Crippen molar-refractivity contribution in [3.63, 3.8) is 0 Å². The average Bonchev–Trinajstić information content (AvgIpc) is 2.80. The van der Waals surface area contributed by atoms with E-state index in [-0.39, 0.29) is 12.4 Å². The highest BCUT2D eigenvalue weighted by atomic mass is 35.5. The molecule has 1 saturated heterocycles. The zero-order valence-electron chi connectivity index (χ0n) is 9.65. The first kappa shape index (κ1) is 13.4. The fraction of sp³-hybridized carbons (Fsp3) is 0.583. The molecule has 0 aliphatic carbocycles. The van der Waals surface area contributed by atoms with Crippen LogP contribution in [0.4, 0.5) is 0 Å². The van der Waals surface area contributed by atoms with E-state index in [1.807, 2.05) is 18.3 Å². The summed E-state index contributed by atoms with van der Waals surface area (Å²) in [6, 6.07) is 6.42. The van der Waals surface area contributed by atoms with E-state index in [2.05, 4.69) is 28.6 Å². The van der Waals surface area contributed by atoms with Crippen LogP contribution in [0.25, 0.3) is 0 Å². The molecule has 1 aliphatic heterocycles. The summed E-state index contributed by atoms with van der Waals surface area (Å²) in [5.74, 6) is 0.788. The van der Waals surface area contributed by atoms with Gasteiger partial charge in [-0.05, 0) is 51.0 Å². The van der Waals surface area contributed by atoms with Gasteiger partial charge in [0.2, 0.25) is 0 Å². The molecule has 2 atom stereocenters. The molecule has 0 amide bonds. The van der Waals surface area contributed by atoms with Gasteiger partial charge in [-0.2, -0.15) is 0 Å². The smallest absolute Gasteiger partial charge is 0.0570 e. The summed E-state index contributed by atoms with van der Waals surface area (Å²) in [6.45, 7) is 5.59. The molecule has 16 heavy (non-hydrogen) atoms. The van der Waals surface area contributed by atoms with Gasteiger partial charge in [-0.15, -0.1) is 12.4 Å². The van der Waals surface area contributed by atoms with Crippen LogP contribution in [0, 0.1) is 5.92 Å². The third-order valence-electron chi connectivity index (χ3n) is 3.01. The van der Waals surface area contributed by atoms with Gasteiger partial charge in [-0.3, -0.25) is 4.98 Å². The van der Waals surface area contributed by atoms with E-state index < -0.39 is 0 Å². The molecule has 3 nitrogen and oxygen atoms in total. The molecule has 0 radical (unpaired) electrons. The maximum absolute atomic E-state index is 4.35. The van der Waals surface area contributed by atoms with Crippen molar-refractivity contribution in [2.24, 2.45) is 5.92 Å². The van der Waals surface area contributed by atoms with Crippen molar-refractivity contribution >= 4 is 12.4 Å². The Morgan fingerprint density at radius 3 is 3.06 bits per heavy atom. The van der Waals surface area contributed by atoms with Gasteiger partial charge >= 0.3 is 0 Å². The molecule has 1 aromatic rings. The van der Waals surface area contributed by atoms with Crippen LogP contribution >= 0.6 is 12.4 Å². The lowest BCUT2D eigenvalue weighted by Crippen LogP contribution is -2.27. The molecule has 0 aromatic carbocycles. The van der Waals surface area contributed by atoms with Crippen LogP contribution in [-0.2, 0) is 0 Å². The maximum Gasteiger partial charge on any atom is 0.0570 e. The Hall–Kier alpha value is -0.640. The minimum Gasteiger partial charge on any atom is -0.316 e. The first-order chi connectivity index (χ1) is 7.36. The number of nitrogens with zero attached hydrogens (tertiary/aromatic N) is 1. The molecule has 4 heteroatoms. The van der Waals surface area contributed by atoms with Crippen LogP contribution < -0.4 is 10.6 Å². The van der Waals surface area contributed by atoms with Gasteiger partial charge in [0, 0.05) is 12.2 Å². The third kappa shape index (κ3) is 3.74. The van der Waals surface area contributed by atoms with Crippen molar-refractivity contribution < 1.29 is 0 Å². The molecule has 0 bridgehead atoms. The summed E-state index contributed by atoms with van der Waals surface area (Å²) >= 11 is 0. The van der Waals surface area contributed by atoms with E-state index in [0.29, 0.717) is 6.04 Å². The standard InChI is InChI=1S/C12H19N3.ClH/c1-10(12-4-2-3-6-14-12)15-9-11-5-7-13-8-11;/h2-4,6,10-11,13,15H,5,7-9H2,1H3;1H. The number of hydrogen-bond acceptors (Lipinski definition) is 3. The summed E-state index contributed by atoms with van der Waals surface area (Å²) < 4.78 is 0. The highest BCUT2D eigenvalue weighted by molar-refractivity contribution is 5.85. The molecule has 0 spiro atoms. The number of aromatic nitrogens is 1. The zero-order valence-corrected chi connectivity index (χ0v) is 10.5. The van der Waals surface area contributed by atoms with E-state index in [1.54, 1.807) is 0 Å². The first-order valence-electron chi connectivity index (χ1n) is 5.71. The normalized spacial score (nSPS) is 21.4. The monoisotopic (exact) mass is 241 g/mol. The van der Waals surface area contributed by atoms with Gasteiger partial charge in [0.1, 0.15) is 0 Å². The highest BCUT2D eigenvalue weighted by Gasteiger charge is 2.15. The molecule has 1 aromatic heterocycles. The Labute approximate surface area is 103 Å².